The number of hydrogen-bond donors (Lipinski definition) is 1. The topological polar surface area (TPSA) is 53.0 Å². The SMILES string of the molecule is Nc1[nH+]nc(-c2ccccc2)s1.[Cl-]. The van der Waals surface area contributed by atoms with Crippen molar-refractivity contribution < 1.29 is 17.5 Å². The molecule has 2 rings (SSSR count). The molecule has 3 N–H and O–H groups in total. The average Bonchev–Trinajstić information content (AvgIpc) is 2.54. The number of rotatable bonds is 1. The number of hydrogen-bond acceptors (Lipinski definition) is 3. The predicted octanol–water partition coefficient (Wildman–Crippen LogP) is -1.79. The zero-order valence-corrected chi connectivity index (χ0v) is 8.27. The second-order valence-electron chi connectivity index (χ2n) is 2.36. The second-order valence-corrected chi connectivity index (χ2v) is 3.39. The maximum atomic E-state index is 5.52. The van der Waals surface area contributed by atoms with Gasteiger partial charge < -0.3 is 12.4 Å². The molecule has 0 atom stereocenters. The quantitative estimate of drug-likeness (QED) is 0.609. The Bertz CT molecular complexity index is 374. The summed E-state index contributed by atoms with van der Waals surface area (Å²) < 4.78 is 0. The van der Waals surface area contributed by atoms with Crippen LogP contribution in [0.25, 0.3) is 10.6 Å². The van der Waals surface area contributed by atoms with E-state index < -0.39 is 0 Å². The van der Waals surface area contributed by atoms with Crippen LogP contribution < -0.4 is 23.2 Å². The standard InChI is InChI=1S/C8H7N3S.ClH/c9-8-11-10-7(12-8)6-4-2-1-3-5-6;/h1-5H,(H2,9,11);1H. The van der Waals surface area contributed by atoms with E-state index in [4.69, 9.17) is 5.73 Å². The fourth-order valence-electron chi connectivity index (χ4n) is 0.960. The van der Waals surface area contributed by atoms with Crippen molar-refractivity contribution >= 4 is 16.5 Å². The number of aromatic amines is 1. The largest absolute Gasteiger partial charge is 1.00 e. The van der Waals surface area contributed by atoms with Crippen molar-refractivity contribution in [1.29, 1.82) is 0 Å². The molecule has 0 radical (unpaired) electrons. The molecule has 0 aliphatic rings. The van der Waals surface area contributed by atoms with Crippen LogP contribution in [0.2, 0.25) is 0 Å². The van der Waals surface area contributed by atoms with E-state index in [1.807, 2.05) is 30.3 Å². The number of H-pyrrole nitrogens is 1. The van der Waals surface area contributed by atoms with Crippen molar-refractivity contribution in [2.24, 2.45) is 0 Å². The van der Waals surface area contributed by atoms with Crippen LogP contribution in [0, 0.1) is 0 Å². The van der Waals surface area contributed by atoms with Gasteiger partial charge in [-0.3, -0.25) is 5.73 Å². The highest BCUT2D eigenvalue weighted by Gasteiger charge is 2.05. The minimum absolute atomic E-state index is 0. The fraction of sp³-hybridized carbons (Fsp3) is 0. The monoisotopic (exact) mass is 213 g/mol. The number of nitrogens with two attached hydrogens (primary N) is 1. The van der Waals surface area contributed by atoms with E-state index in [1.165, 1.54) is 11.3 Å². The smallest absolute Gasteiger partial charge is 0.352 e. The molecule has 0 saturated carbocycles. The first-order valence-corrected chi connectivity index (χ1v) is 4.37. The molecule has 0 fully saturated rings. The van der Waals surface area contributed by atoms with Gasteiger partial charge in [0.1, 0.15) is 0 Å². The van der Waals surface area contributed by atoms with Crippen LogP contribution in [0.3, 0.4) is 0 Å². The Kier molecular flexibility index (Phi) is 3.22. The summed E-state index contributed by atoms with van der Waals surface area (Å²) in [4.78, 5) is 0. The molecule has 0 unspecified atom stereocenters. The maximum Gasteiger partial charge on any atom is 0.352 e. The van der Waals surface area contributed by atoms with E-state index in [0.29, 0.717) is 5.13 Å². The number of aromatic nitrogens is 2. The lowest BCUT2D eigenvalue weighted by atomic mass is 10.2. The van der Waals surface area contributed by atoms with Crippen LogP contribution >= 0.6 is 11.3 Å². The molecule has 1 heterocycles. The molecule has 3 nitrogen and oxygen atoms in total. The minimum Gasteiger partial charge on any atom is -1.00 e. The number of halogens is 1. The fourth-order valence-corrected chi connectivity index (χ4v) is 1.60. The Balaban J connectivity index is 0.000000845. The van der Waals surface area contributed by atoms with Gasteiger partial charge in [-0.25, -0.2) is 0 Å². The van der Waals surface area contributed by atoms with Crippen molar-refractivity contribution in [3.05, 3.63) is 30.3 Å². The summed E-state index contributed by atoms with van der Waals surface area (Å²) in [5, 5.41) is 8.33. The summed E-state index contributed by atoms with van der Waals surface area (Å²) in [6.07, 6.45) is 0. The van der Waals surface area contributed by atoms with Gasteiger partial charge in [-0.05, 0) is 11.3 Å². The van der Waals surface area contributed by atoms with Crippen LogP contribution in [-0.2, 0) is 0 Å². The molecule has 5 heteroatoms. The molecule has 68 valence electrons. The van der Waals surface area contributed by atoms with Gasteiger partial charge in [0.2, 0.25) is 0 Å². The Morgan fingerprint density at radius 1 is 1.23 bits per heavy atom. The van der Waals surface area contributed by atoms with Gasteiger partial charge >= 0.3 is 5.13 Å². The van der Waals surface area contributed by atoms with Gasteiger partial charge in [-0.15, -0.1) is 5.10 Å². The van der Waals surface area contributed by atoms with E-state index in [9.17, 15) is 0 Å². The Hall–Kier alpha value is -1.13. The molecule has 1 aromatic carbocycles. The third-order valence-electron chi connectivity index (χ3n) is 1.50. The van der Waals surface area contributed by atoms with Gasteiger partial charge in [0.25, 0.3) is 0 Å². The summed E-state index contributed by atoms with van der Waals surface area (Å²) in [6, 6.07) is 9.95. The molecule has 2 aromatic rings. The molecule has 0 bridgehead atoms. The van der Waals surface area contributed by atoms with Crippen LogP contribution in [0.4, 0.5) is 5.13 Å². The summed E-state index contributed by atoms with van der Waals surface area (Å²) in [5.41, 5.74) is 6.61. The lowest BCUT2D eigenvalue weighted by Gasteiger charge is -1.89. The molecule has 0 amide bonds. The zero-order chi connectivity index (χ0) is 8.39. The van der Waals surface area contributed by atoms with Gasteiger partial charge in [0.05, 0.1) is 0 Å². The van der Waals surface area contributed by atoms with E-state index in [1.54, 1.807) is 0 Å². The predicted molar refractivity (Wildman–Crippen MR) is 48.5 cm³/mol. The minimum atomic E-state index is 0. The highest BCUT2D eigenvalue weighted by Crippen LogP contribution is 2.21. The second kappa shape index (κ2) is 4.20. The average molecular weight is 214 g/mol. The van der Waals surface area contributed by atoms with Gasteiger partial charge in [0, 0.05) is 5.56 Å². The first kappa shape index (κ1) is 9.95. The van der Waals surface area contributed by atoms with Crippen LogP contribution in [0.5, 0.6) is 0 Å². The maximum absolute atomic E-state index is 5.52. The number of nitrogen functional groups attached to an aromatic ring is 1. The molecular weight excluding hydrogens is 206 g/mol. The number of nitrogens with one attached hydrogen (secondary N) is 1. The molecule has 13 heavy (non-hydrogen) atoms. The number of nitrogens with zero attached hydrogens (tertiary/aromatic N) is 1. The summed E-state index contributed by atoms with van der Waals surface area (Å²) >= 11 is 1.45. The summed E-state index contributed by atoms with van der Waals surface area (Å²) in [6.45, 7) is 0. The normalized spacial score (nSPS) is 9.23. The van der Waals surface area contributed by atoms with E-state index >= 15 is 0 Å². The van der Waals surface area contributed by atoms with Gasteiger partial charge in [-0.1, -0.05) is 35.4 Å². The van der Waals surface area contributed by atoms with E-state index in [0.717, 1.165) is 10.6 Å². The number of anilines is 1. The lowest BCUT2D eigenvalue weighted by Crippen LogP contribution is -3.00. The molecule has 0 spiro atoms. The molecule has 0 saturated heterocycles. The summed E-state index contributed by atoms with van der Waals surface area (Å²) in [7, 11) is 0. The first-order valence-electron chi connectivity index (χ1n) is 3.55. The highest BCUT2D eigenvalue weighted by atomic mass is 35.5. The van der Waals surface area contributed by atoms with Gasteiger partial charge in [-0.2, -0.15) is 0 Å². The van der Waals surface area contributed by atoms with Crippen LogP contribution in [0.15, 0.2) is 30.3 Å². The molecule has 1 aromatic heterocycles. The van der Waals surface area contributed by atoms with Crippen molar-refractivity contribution in [2.45, 2.75) is 0 Å². The van der Waals surface area contributed by atoms with Crippen molar-refractivity contribution in [2.75, 3.05) is 5.73 Å². The number of benzene rings is 1. The van der Waals surface area contributed by atoms with Crippen molar-refractivity contribution in [3.63, 3.8) is 0 Å². The Morgan fingerprint density at radius 3 is 2.46 bits per heavy atom. The molecular formula is C8H8ClN3S. The first-order chi connectivity index (χ1) is 5.86. The van der Waals surface area contributed by atoms with Crippen molar-refractivity contribution in [1.82, 2.24) is 5.10 Å². The lowest BCUT2D eigenvalue weighted by molar-refractivity contribution is -0.430. The Labute approximate surface area is 86.0 Å². The molecule has 0 aliphatic heterocycles. The Morgan fingerprint density at radius 2 is 1.92 bits per heavy atom. The molecule has 0 aliphatic carbocycles. The highest BCUT2D eigenvalue weighted by molar-refractivity contribution is 7.17. The van der Waals surface area contributed by atoms with Crippen LogP contribution in [-0.4, -0.2) is 5.10 Å². The third-order valence-corrected chi connectivity index (χ3v) is 2.33. The zero-order valence-electron chi connectivity index (χ0n) is 6.70. The van der Waals surface area contributed by atoms with E-state index in [-0.39, 0.29) is 12.4 Å². The van der Waals surface area contributed by atoms with E-state index in [2.05, 4.69) is 10.2 Å². The van der Waals surface area contributed by atoms with Crippen LogP contribution in [0.1, 0.15) is 0 Å². The van der Waals surface area contributed by atoms with Crippen molar-refractivity contribution in [3.8, 4) is 10.6 Å². The summed E-state index contributed by atoms with van der Waals surface area (Å²) in [5.74, 6) is 0. The van der Waals surface area contributed by atoms with Gasteiger partial charge in [0.15, 0.2) is 5.01 Å². The third kappa shape index (κ3) is 2.17.